The van der Waals surface area contributed by atoms with E-state index in [-0.39, 0.29) is 23.5 Å². The van der Waals surface area contributed by atoms with Gasteiger partial charge in [0.15, 0.2) is 18.1 Å². The number of halogens is 2. The van der Waals surface area contributed by atoms with Crippen molar-refractivity contribution in [3.8, 4) is 11.5 Å². The number of benzene rings is 2. The molecule has 0 aliphatic carbocycles. The van der Waals surface area contributed by atoms with E-state index in [9.17, 15) is 18.8 Å². The van der Waals surface area contributed by atoms with Crippen LogP contribution in [0.5, 0.6) is 11.5 Å². The average Bonchev–Trinajstić information content (AvgIpc) is 2.84. The Bertz CT molecular complexity index is 1100. The number of hydrazone groups is 1. The molecule has 0 atom stereocenters. The van der Waals surface area contributed by atoms with Crippen LogP contribution in [0, 0.1) is 5.82 Å². The maximum atomic E-state index is 13.2. The molecule has 194 valence electrons. The Balaban J connectivity index is 1.82. The van der Waals surface area contributed by atoms with Crippen LogP contribution in [-0.4, -0.2) is 56.9 Å². The topological polar surface area (TPSA) is 127 Å². The summed E-state index contributed by atoms with van der Waals surface area (Å²) in [6.45, 7) is 4.26. The summed E-state index contributed by atoms with van der Waals surface area (Å²) in [6, 6.07) is 8.53. The van der Waals surface area contributed by atoms with Crippen molar-refractivity contribution < 1.29 is 33.0 Å². The van der Waals surface area contributed by atoms with E-state index in [2.05, 4.69) is 21.2 Å². The summed E-state index contributed by atoms with van der Waals surface area (Å²) in [6.07, 6.45) is 2.00. The highest BCUT2D eigenvalue weighted by Gasteiger charge is 2.12. The van der Waals surface area contributed by atoms with Crippen LogP contribution in [0.25, 0.3) is 0 Å². The third kappa shape index (κ3) is 9.88. The van der Waals surface area contributed by atoms with Crippen molar-refractivity contribution in [2.45, 2.75) is 26.4 Å². The van der Waals surface area contributed by atoms with Crippen molar-refractivity contribution in [1.82, 2.24) is 10.7 Å². The first-order valence-electron chi connectivity index (χ1n) is 11.0. The fourth-order valence-electron chi connectivity index (χ4n) is 2.69. The molecule has 0 aromatic heterocycles. The zero-order valence-electron chi connectivity index (χ0n) is 20.1. The molecule has 0 saturated heterocycles. The summed E-state index contributed by atoms with van der Waals surface area (Å²) < 4.78 is 29.3. The third-order valence-electron chi connectivity index (χ3n) is 4.39. The molecule has 12 heteroatoms. The molecule has 0 radical (unpaired) electrons. The highest BCUT2D eigenvalue weighted by atomic mass is 35.5. The monoisotopic (exact) mass is 522 g/mol. The Kier molecular flexibility index (Phi) is 11.6. The van der Waals surface area contributed by atoms with Gasteiger partial charge in [0.1, 0.15) is 5.82 Å². The summed E-state index contributed by atoms with van der Waals surface area (Å²) >= 11 is 5.70. The lowest BCUT2D eigenvalue weighted by Crippen LogP contribution is -2.38. The van der Waals surface area contributed by atoms with E-state index in [1.165, 1.54) is 25.5 Å². The molecule has 2 rings (SSSR count). The fraction of sp³-hybridized carbons (Fsp3) is 0.333. The van der Waals surface area contributed by atoms with E-state index in [0.717, 1.165) is 6.07 Å². The molecule has 10 nitrogen and oxygen atoms in total. The number of amides is 3. The molecular formula is C24H28ClFN4O6. The van der Waals surface area contributed by atoms with Crippen molar-refractivity contribution in [1.29, 1.82) is 0 Å². The minimum absolute atomic E-state index is 0.102. The van der Waals surface area contributed by atoms with Crippen molar-refractivity contribution in [2.24, 2.45) is 5.10 Å². The molecule has 0 fully saturated rings. The molecule has 3 amide bonds. The van der Waals surface area contributed by atoms with Gasteiger partial charge in [-0.3, -0.25) is 14.4 Å². The highest BCUT2D eigenvalue weighted by Crippen LogP contribution is 2.27. The Morgan fingerprint density at radius 1 is 1.11 bits per heavy atom. The zero-order chi connectivity index (χ0) is 26.5. The van der Waals surface area contributed by atoms with Crippen molar-refractivity contribution in [2.75, 3.05) is 32.2 Å². The van der Waals surface area contributed by atoms with Crippen molar-refractivity contribution >= 4 is 41.2 Å². The molecule has 36 heavy (non-hydrogen) atoms. The SMILES string of the molecule is COc1cc(/C=N\NC(=O)C(=O)NCCCOC(C)C)ccc1OCC(=O)Nc1ccc(F)c(Cl)c1. The Morgan fingerprint density at radius 2 is 1.89 bits per heavy atom. The van der Waals surface area contributed by atoms with E-state index < -0.39 is 23.5 Å². The number of hydrogen-bond acceptors (Lipinski definition) is 7. The van der Waals surface area contributed by atoms with Crippen LogP contribution in [0.2, 0.25) is 5.02 Å². The molecule has 0 saturated carbocycles. The molecule has 0 heterocycles. The van der Waals surface area contributed by atoms with Crippen LogP contribution in [0.3, 0.4) is 0 Å². The van der Waals surface area contributed by atoms with Crippen LogP contribution in [0.1, 0.15) is 25.8 Å². The van der Waals surface area contributed by atoms with Gasteiger partial charge in [-0.15, -0.1) is 0 Å². The number of hydrogen-bond donors (Lipinski definition) is 3. The second-order valence-corrected chi connectivity index (χ2v) is 8.01. The predicted octanol–water partition coefficient (Wildman–Crippen LogP) is 2.89. The Labute approximate surface area is 213 Å². The first-order valence-corrected chi connectivity index (χ1v) is 11.4. The van der Waals surface area contributed by atoms with Gasteiger partial charge in [-0.05, 0) is 62.2 Å². The van der Waals surface area contributed by atoms with Crippen molar-refractivity contribution in [3.05, 3.63) is 52.8 Å². The second kappa shape index (κ2) is 14.6. The number of carbonyl (C=O) groups excluding carboxylic acids is 3. The van der Waals surface area contributed by atoms with Crippen LogP contribution in [0.4, 0.5) is 10.1 Å². The summed E-state index contributed by atoms with van der Waals surface area (Å²) in [4.78, 5) is 35.7. The second-order valence-electron chi connectivity index (χ2n) is 7.60. The lowest BCUT2D eigenvalue weighted by molar-refractivity contribution is -0.139. The van der Waals surface area contributed by atoms with Gasteiger partial charge >= 0.3 is 11.8 Å². The van der Waals surface area contributed by atoms with Crippen LogP contribution < -0.4 is 25.5 Å². The Morgan fingerprint density at radius 3 is 2.58 bits per heavy atom. The molecule has 0 spiro atoms. The van der Waals surface area contributed by atoms with E-state index in [4.69, 9.17) is 25.8 Å². The van der Waals surface area contributed by atoms with Gasteiger partial charge < -0.3 is 24.8 Å². The molecular weight excluding hydrogens is 495 g/mol. The number of nitrogens with zero attached hydrogens (tertiary/aromatic N) is 1. The molecule has 0 unspecified atom stereocenters. The maximum absolute atomic E-state index is 13.2. The lowest BCUT2D eigenvalue weighted by atomic mass is 10.2. The van der Waals surface area contributed by atoms with E-state index >= 15 is 0 Å². The molecule has 2 aromatic rings. The molecule has 0 aliphatic heterocycles. The van der Waals surface area contributed by atoms with Gasteiger partial charge in [0, 0.05) is 18.8 Å². The van der Waals surface area contributed by atoms with Gasteiger partial charge in [-0.2, -0.15) is 5.10 Å². The Hall–Kier alpha value is -3.70. The lowest BCUT2D eigenvalue weighted by Gasteiger charge is -2.11. The highest BCUT2D eigenvalue weighted by molar-refractivity contribution is 6.35. The number of ether oxygens (including phenoxy) is 3. The van der Waals surface area contributed by atoms with Crippen LogP contribution in [-0.2, 0) is 19.1 Å². The van der Waals surface area contributed by atoms with Crippen LogP contribution >= 0.6 is 11.6 Å². The number of anilines is 1. The smallest absolute Gasteiger partial charge is 0.329 e. The maximum Gasteiger partial charge on any atom is 0.329 e. The van der Waals surface area contributed by atoms with Crippen LogP contribution in [0.15, 0.2) is 41.5 Å². The number of carbonyl (C=O) groups is 3. The quantitative estimate of drug-likeness (QED) is 0.170. The van der Waals surface area contributed by atoms with Gasteiger partial charge in [0.05, 0.1) is 24.5 Å². The number of rotatable bonds is 12. The standard InChI is InChI=1S/C24H28ClFN4O6/c1-15(2)35-10-4-9-27-23(32)24(33)30-28-13-16-5-8-20(21(11-16)34-3)36-14-22(31)29-17-6-7-19(26)18(25)12-17/h5-8,11-13,15H,4,9-10,14H2,1-3H3,(H,27,32)(H,29,31)(H,30,33)/b28-13-. The summed E-state index contributed by atoms with van der Waals surface area (Å²) in [5.74, 6) is -2.20. The first-order chi connectivity index (χ1) is 17.2. The third-order valence-corrected chi connectivity index (χ3v) is 4.68. The van der Waals surface area contributed by atoms with Crippen molar-refractivity contribution in [3.63, 3.8) is 0 Å². The van der Waals surface area contributed by atoms with Gasteiger partial charge in [0.25, 0.3) is 5.91 Å². The minimum Gasteiger partial charge on any atom is -0.493 e. The first kappa shape index (κ1) is 28.5. The van der Waals surface area contributed by atoms with E-state index in [0.29, 0.717) is 36.6 Å². The fourth-order valence-corrected chi connectivity index (χ4v) is 2.87. The van der Waals surface area contributed by atoms with Gasteiger partial charge in [-0.1, -0.05) is 11.6 Å². The molecule has 3 N–H and O–H groups in total. The number of nitrogens with one attached hydrogen (secondary N) is 3. The normalized spacial score (nSPS) is 10.8. The van der Waals surface area contributed by atoms with Gasteiger partial charge in [0.2, 0.25) is 0 Å². The molecule has 0 bridgehead atoms. The average molecular weight is 523 g/mol. The number of methoxy groups -OCH3 is 1. The predicted molar refractivity (Wildman–Crippen MR) is 133 cm³/mol. The summed E-state index contributed by atoms with van der Waals surface area (Å²) in [5, 5.41) is 8.67. The molecule has 0 aliphatic rings. The zero-order valence-corrected chi connectivity index (χ0v) is 20.9. The molecule has 2 aromatic carbocycles. The van der Waals surface area contributed by atoms with Gasteiger partial charge in [-0.25, -0.2) is 9.82 Å². The largest absolute Gasteiger partial charge is 0.493 e. The van der Waals surface area contributed by atoms with E-state index in [1.54, 1.807) is 18.2 Å². The summed E-state index contributed by atoms with van der Waals surface area (Å²) in [7, 11) is 1.42. The minimum atomic E-state index is -0.906. The van der Waals surface area contributed by atoms with E-state index in [1.807, 2.05) is 13.8 Å². The summed E-state index contributed by atoms with van der Waals surface area (Å²) in [5.41, 5.74) is 3.00.